The molecule has 2 rings (SSSR count). The Bertz CT molecular complexity index is 892. The van der Waals surface area contributed by atoms with Gasteiger partial charge in [0.2, 0.25) is 11.5 Å². The summed E-state index contributed by atoms with van der Waals surface area (Å²) in [5.74, 6) is -2.38. The van der Waals surface area contributed by atoms with Crippen LogP contribution < -0.4 is 0 Å². The molecule has 0 unspecified atom stereocenters. The zero-order valence-electron chi connectivity index (χ0n) is 13.7. The lowest BCUT2D eigenvalue weighted by molar-refractivity contribution is -0.140. The van der Waals surface area contributed by atoms with Crippen molar-refractivity contribution in [2.24, 2.45) is 0 Å². The molecule has 26 heavy (non-hydrogen) atoms. The highest BCUT2D eigenvalue weighted by atomic mass is 35.5. The van der Waals surface area contributed by atoms with E-state index in [1.54, 1.807) is 12.1 Å². The summed E-state index contributed by atoms with van der Waals surface area (Å²) < 4.78 is 10.7. The van der Waals surface area contributed by atoms with Crippen molar-refractivity contribution in [3.05, 3.63) is 52.2 Å². The van der Waals surface area contributed by atoms with Crippen LogP contribution >= 0.6 is 23.2 Å². The quantitative estimate of drug-likeness (QED) is 0.232. The van der Waals surface area contributed by atoms with Crippen molar-refractivity contribution in [1.82, 2.24) is 15.0 Å². The molecule has 0 aliphatic carbocycles. The number of carbonyl (C=O) groups is 3. The maximum atomic E-state index is 12.6. The van der Waals surface area contributed by atoms with E-state index in [-0.39, 0.29) is 16.5 Å². The average Bonchev–Trinajstić information content (AvgIpc) is 3.00. The number of methoxy groups -OCH3 is 1. The van der Waals surface area contributed by atoms with Gasteiger partial charge < -0.3 is 9.47 Å². The zero-order chi connectivity index (χ0) is 19.3. The molecule has 10 heteroatoms. The van der Waals surface area contributed by atoms with Crippen molar-refractivity contribution in [2.45, 2.75) is 13.3 Å². The lowest BCUT2D eigenvalue weighted by atomic mass is 10.0. The lowest BCUT2D eigenvalue weighted by Crippen LogP contribution is -2.16. The molecule has 0 bridgehead atoms. The van der Waals surface area contributed by atoms with E-state index in [2.05, 4.69) is 10.3 Å². The summed E-state index contributed by atoms with van der Waals surface area (Å²) in [6.07, 6.45) is 1.78. The Morgan fingerprint density at radius 3 is 2.58 bits per heavy atom. The summed E-state index contributed by atoms with van der Waals surface area (Å²) in [4.78, 5) is 35.9. The second-order valence-corrected chi connectivity index (χ2v) is 5.81. The van der Waals surface area contributed by atoms with Gasteiger partial charge in [-0.25, -0.2) is 4.68 Å². The summed E-state index contributed by atoms with van der Waals surface area (Å²) >= 11 is 11.7. The minimum atomic E-state index is -0.727. The molecule has 0 spiro atoms. The highest BCUT2D eigenvalue weighted by Crippen LogP contribution is 2.22. The van der Waals surface area contributed by atoms with Crippen molar-refractivity contribution in [3.8, 4) is 5.69 Å². The molecule has 0 atom stereocenters. The Balaban J connectivity index is 2.32. The number of benzene rings is 1. The molecule has 136 valence electrons. The van der Waals surface area contributed by atoms with Gasteiger partial charge in [-0.15, -0.1) is 5.10 Å². The highest BCUT2D eigenvalue weighted by molar-refractivity contribution is 6.31. The molecule has 2 aromatic rings. The largest absolute Gasteiger partial charge is 0.500 e. The van der Waals surface area contributed by atoms with Crippen molar-refractivity contribution < 1.29 is 23.9 Å². The summed E-state index contributed by atoms with van der Waals surface area (Å²) in [5.41, 5.74) is 0.475. The van der Waals surface area contributed by atoms with Crippen LogP contribution in [0.1, 0.15) is 23.7 Å². The number of esters is 1. The number of ketones is 2. The molecule has 0 aliphatic heterocycles. The number of hydrogen-bond donors (Lipinski definition) is 0. The predicted molar refractivity (Wildman–Crippen MR) is 92.2 cm³/mol. The third-order valence-electron chi connectivity index (χ3n) is 3.05. The number of rotatable bonds is 7. The number of nitrogens with zero attached hydrogens (tertiary/aromatic N) is 3. The van der Waals surface area contributed by atoms with Gasteiger partial charge in [-0.1, -0.05) is 28.4 Å². The van der Waals surface area contributed by atoms with Crippen LogP contribution in [0.2, 0.25) is 10.2 Å². The molecule has 1 aromatic heterocycles. The van der Waals surface area contributed by atoms with Gasteiger partial charge in [0.15, 0.2) is 10.9 Å². The molecule has 0 saturated heterocycles. The standard InChI is InChI=1S/C16H13Cl2N3O5/c1-9(22)26-15(8-25-2)14(24)6-13(23)11-5-10(17)3-4-12(11)21-7-16(18)19-20-21/h3-5,7-8H,6H2,1-2H3/b15-8-. The Kier molecular flexibility index (Phi) is 6.48. The van der Waals surface area contributed by atoms with Crippen LogP contribution in [0.3, 0.4) is 0 Å². The SMILES string of the molecule is CO/C=C(\OC(C)=O)C(=O)CC(=O)c1cc(Cl)ccc1-n1cc(Cl)nn1. The minimum Gasteiger partial charge on any atom is -0.500 e. The second-order valence-electron chi connectivity index (χ2n) is 4.98. The molecule has 8 nitrogen and oxygen atoms in total. The van der Waals surface area contributed by atoms with E-state index in [0.717, 1.165) is 13.2 Å². The normalized spacial score (nSPS) is 11.2. The van der Waals surface area contributed by atoms with Gasteiger partial charge in [-0.3, -0.25) is 14.4 Å². The van der Waals surface area contributed by atoms with Gasteiger partial charge in [0.25, 0.3) is 0 Å². The molecular formula is C16H13Cl2N3O5. The van der Waals surface area contributed by atoms with Crippen molar-refractivity contribution in [1.29, 1.82) is 0 Å². The number of ether oxygens (including phenoxy) is 2. The fourth-order valence-electron chi connectivity index (χ4n) is 2.03. The molecule has 0 N–H and O–H groups in total. The van der Waals surface area contributed by atoms with Crippen LogP contribution in [0.5, 0.6) is 0 Å². The van der Waals surface area contributed by atoms with Crippen molar-refractivity contribution in [2.75, 3.05) is 7.11 Å². The second kappa shape index (κ2) is 8.59. The molecule has 0 amide bonds. The van der Waals surface area contributed by atoms with E-state index in [9.17, 15) is 14.4 Å². The minimum absolute atomic E-state index is 0.131. The van der Waals surface area contributed by atoms with E-state index in [1.165, 1.54) is 24.1 Å². The third-order valence-corrected chi connectivity index (χ3v) is 3.45. The van der Waals surface area contributed by atoms with Crippen LogP contribution in [0.4, 0.5) is 0 Å². The van der Waals surface area contributed by atoms with Crippen LogP contribution in [0.25, 0.3) is 5.69 Å². The lowest BCUT2D eigenvalue weighted by Gasteiger charge is -2.09. The maximum absolute atomic E-state index is 12.6. The first-order valence-corrected chi connectivity index (χ1v) is 7.93. The van der Waals surface area contributed by atoms with Gasteiger partial charge >= 0.3 is 5.97 Å². The van der Waals surface area contributed by atoms with E-state index in [4.69, 9.17) is 32.7 Å². The molecule has 0 saturated carbocycles. The van der Waals surface area contributed by atoms with Gasteiger partial charge in [0.1, 0.15) is 6.26 Å². The molecule has 0 fully saturated rings. The van der Waals surface area contributed by atoms with Crippen molar-refractivity contribution >= 4 is 40.7 Å². The molecule has 1 heterocycles. The van der Waals surface area contributed by atoms with Gasteiger partial charge in [-0.2, -0.15) is 0 Å². The van der Waals surface area contributed by atoms with Crippen molar-refractivity contribution in [3.63, 3.8) is 0 Å². The number of Topliss-reactive ketones (excluding diaryl/α,β-unsaturated/α-hetero) is 2. The van der Waals surface area contributed by atoms with E-state index in [1.807, 2.05) is 0 Å². The number of halogens is 2. The molecule has 0 radical (unpaired) electrons. The Hall–Kier alpha value is -2.71. The van der Waals surface area contributed by atoms with Crippen LogP contribution in [-0.4, -0.2) is 39.6 Å². The van der Waals surface area contributed by atoms with E-state index < -0.39 is 24.0 Å². The fraction of sp³-hybridized carbons (Fsp3) is 0.188. The number of allylic oxidation sites excluding steroid dienone is 1. The highest BCUT2D eigenvalue weighted by Gasteiger charge is 2.22. The summed E-state index contributed by atoms with van der Waals surface area (Å²) in [6.45, 7) is 1.13. The number of hydrogen-bond acceptors (Lipinski definition) is 7. The van der Waals surface area contributed by atoms with Crippen LogP contribution in [0, 0.1) is 0 Å². The van der Waals surface area contributed by atoms with Crippen LogP contribution in [-0.2, 0) is 19.1 Å². The Labute approximate surface area is 158 Å². The molecular weight excluding hydrogens is 385 g/mol. The topological polar surface area (TPSA) is 100 Å². The molecule has 1 aromatic carbocycles. The Morgan fingerprint density at radius 2 is 2.00 bits per heavy atom. The third kappa shape index (κ3) is 4.90. The fourth-order valence-corrected chi connectivity index (χ4v) is 2.33. The van der Waals surface area contributed by atoms with Gasteiger partial charge in [0, 0.05) is 17.5 Å². The maximum Gasteiger partial charge on any atom is 0.308 e. The van der Waals surface area contributed by atoms with E-state index >= 15 is 0 Å². The van der Waals surface area contributed by atoms with Crippen LogP contribution in [0.15, 0.2) is 36.4 Å². The Morgan fingerprint density at radius 1 is 1.27 bits per heavy atom. The summed E-state index contributed by atoms with van der Waals surface area (Å²) in [5, 5.41) is 7.87. The summed E-state index contributed by atoms with van der Waals surface area (Å²) in [6, 6.07) is 4.50. The van der Waals surface area contributed by atoms with Gasteiger partial charge in [0.05, 0.1) is 25.4 Å². The average molecular weight is 398 g/mol. The first kappa shape index (κ1) is 19.6. The smallest absolute Gasteiger partial charge is 0.308 e. The first-order valence-electron chi connectivity index (χ1n) is 7.17. The molecule has 0 aliphatic rings. The van der Waals surface area contributed by atoms with E-state index in [0.29, 0.717) is 10.7 Å². The summed E-state index contributed by atoms with van der Waals surface area (Å²) in [7, 11) is 1.28. The number of aromatic nitrogens is 3. The zero-order valence-corrected chi connectivity index (χ0v) is 15.2. The van der Waals surface area contributed by atoms with Gasteiger partial charge in [-0.05, 0) is 18.2 Å². The monoisotopic (exact) mass is 397 g/mol. The predicted octanol–water partition coefficient (Wildman–Crippen LogP) is 2.77. The first-order chi connectivity index (χ1) is 12.3. The number of carbonyl (C=O) groups excluding carboxylic acids is 3.